The molecule has 124 valence electrons. The third kappa shape index (κ3) is 36.1. The van der Waals surface area contributed by atoms with Crippen LogP contribution in [-0.2, 0) is 14.3 Å². The van der Waals surface area contributed by atoms with E-state index in [0.717, 1.165) is 58.8 Å². The number of thioether (sulfide) groups is 1. The second-order valence-electron chi connectivity index (χ2n) is 3.97. The summed E-state index contributed by atoms with van der Waals surface area (Å²) in [5.74, 6) is 1.19. The van der Waals surface area contributed by atoms with Gasteiger partial charge in [-0.15, -0.1) is 0 Å². The summed E-state index contributed by atoms with van der Waals surface area (Å²) in [4.78, 5) is 8.00. The van der Waals surface area contributed by atoms with Gasteiger partial charge < -0.3 is 19.6 Å². The van der Waals surface area contributed by atoms with Crippen LogP contribution >= 0.6 is 11.8 Å². The first-order valence-corrected chi connectivity index (χ1v) is 8.86. The molecule has 20 heavy (non-hydrogen) atoms. The van der Waals surface area contributed by atoms with E-state index in [1.165, 1.54) is 5.75 Å². The fourth-order valence-corrected chi connectivity index (χ4v) is 1.43. The second-order valence-corrected chi connectivity index (χ2v) is 4.95. The Balaban J connectivity index is -0.000000277. The van der Waals surface area contributed by atoms with Gasteiger partial charge in [0.1, 0.15) is 6.79 Å². The molecule has 0 amide bonds. The molecule has 0 aromatic heterocycles. The highest BCUT2D eigenvalue weighted by molar-refractivity contribution is 7.98. The Morgan fingerprint density at radius 1 is 0.850 bits per heavy atom. The molecule has 0 aliphatic rings. The van der Waals surface area contributed by atoms with Gasteiger partial charge in [-0.05, 0) is 25.5 Å². The Morgan fingerprint density at radius 3 is 1.70 bits per heavy atom. The van der Waals surface area contributed by atoms with Crippen LogP contribution in [0.4, 0.5) is 0 Å². The van der Waals surface area contributed by atoms with Gasteiger partial charge >= 0.3 is 0 Å². The summed E-state index contributed by atoms with van der Waals surface area (Å²) in [6.07, 6.45) is 5.51. The molecule has 5 heteroatoms. The second kappa shape index (κ2) is 31.3. The highest BCUT2D eigenvalue weighted by Gasteiger charge is 1.86. The average Bonchev–Trinajstić information content (AvgIpc) is 2.50. The number of carbonyl (C=O) groups excluding carboxylic acids is 1. The van der Waals surface area contributed by atoms with Crippen molar-refractivity contribution in [1.29, 1.82) is 0 Å². The van der Waals surface area contributed by atoms with Gasteiger partial charge in [0.15, 0.2) is 0 Å². The van der Waals surface area contributed by atoms with Crippen molar-refractivity contribution >= 4 is 18.6 Å². The van der Waals surface area contributed by atoms with Gasteiger partial charge in [0, 0.05) is 38.7 Å². The van der Waals surface area contributed by atoms with E-state index >= 15 is 0 Å². The van der Waals surface area contributed by atoms with Gasteiger partial charge in [-0.3, -0.25) is 0 Å². The van der Waals surface area contributed by atoms with Crippen molar-refractivity contribution in [2.24, 2.45) is 0 Å². The van der Waals surface area contributed by atoms with E-state index < -0.39 is 0 Å². The van der Waals surface area contributed by atoms with Gasteiger partial charge in [-0.25, -0.2) is 0 Å². The monoisotopic (exact) mass is 309 g/mol. The lowest BCUT2D eigenvalue weighted by Crippen LogP contribution is -2.22. The van der Waals surface area contributed by atoms with Crippen molar-refractivity contribution in [1.82, 2.24) is 5.32 Å². The van der Waals surface area contributed by atoms with Crippen molar-refractivity contribution in [3.8, 4) is 0 Å². The molecule has 0 aromatic carbocycles. The first-order valence-electron chi connectivity index (χ1n) is 7.47. The third-order valence-electron chi connectivity index (χ3n) is 1.95. The summed E-state index contributed by atoms with van der Waals surface area (Å²) in [6.45, 7) is 14.0. The quantitative estimate of drug-likeness (QED) is 0.562. The Bertz CT molecular complexity index is 128. The zero-order valence-electron chi connectivity index (χ0n) is 13.9. The number of hydrogen-bond acceptors (Lipinski definition) is 5. The van der Waals surface area contributed by atoms with Gasteiger partial charge in [0.2, 0.25) is 0 Å². The van der Waals surface area contributed by atoms with Gasteiger partial charge in [0.25, 0.3) is 0 Å². The van der Waals surface area contributed by atoms with Crippen LogP contribution in [0.3, 0.4) is 0 Å². The van der Waals surface area contributed by atoms with Gasteiger partial charge in [-0.1, -0.05) is 20.8 Å². The van der Waals surface area contributed by atoms with Crippen molar-refractivity contribution in [2.45, 2.75) is 40.0 Å². The smallest absolute Gasteiger partial charge is 0.106 e. The van der Waals surface area contributed by atoms with Crippen LogP contribution in [-0.4, -0.2) is 58.3 Å². The average molecular weight is 310 g/mol. The molecule has 0 atom stereocenters. The third-order valence-corrected chi connectivity index (χ3v) is 2.56. The zero-order chi connectivity index (χ0) is 15.9. The van der Waals surface area contributed by atoms with Crippen LogP contribution in [0.1, 0.15) is 40.0 Å². The molecule has 0 saturated heterocycles. The molecule has 0 radical (unpaired) electrons. The Hall–Kier alpha value is -0.100. The summed E-state index contributed by atoms with van der Waals surface area (Å²) in [6, 6.07) is 0. The maximum atomic E-state index is 8.00. The summed E-state index contributed by atoms with van der Waals surface area (Å²) < 4.78 is 10.4. The van der Waals surface area contributed by atoms with Crippen molar-refractivity contribution in [3.63, 3.8) is 0 Å². The Labute approximate surface area is 130 Å². The van der Waals surface area contributed by atoms with Crippen LogP contribution < -0.4 is 5.32 Å². The number of nitrogens with one attached hydrogen (secondary N) is 1. The summed E-state index contributed by atoms with van der Waals surface area (Å²) in [5.41, 5.74) is 0. The highest BCUT2D eigenvalue weighted by Crippen LogP contribution is 1.86. The molecule has 0 aromatic rings. The minimum absolute atomic E-state index is 0.849. The van der Waals surface area contributed by atoms with Crippen LogP contribution in [0.15, 0.2) is 0 Å². The molecule has 0 aliphatic heterocycles. The molecule has 4 nitrogen and oxygen atoms in total. The lowest BCUT2D eigenvalue weighted by molar-refractivity contribution is -0.0979. The van der Waals surface area contributed by atoms with Crippen LogP contribution in [0.2, 0.25) is 0 Å². The molecule has 0 unspecified atom stereocenters. The topological polar surface area (TPSA) is 47.6 Å². The van der Waals surface area contributed by atoms with Crippen molar-refractivity contribution in [2.75, 3.05) is 51.5 Å². The molecule has 0 saturated carbocycles. The molecule has 0 rings (SSSR count). The van der Waals surface area contributed by atoms with Crippen LogP contribution in [0, 0.1) is 0 Å². The molecule has 1 N–H and O–H groups in total. The maximum absolute atomic E-state index is 8.00. The maximum Gasteiger partial charge on any atom is 0.106 e. The SMILES string of the molecule is C=O.CCCOCCC.CCCOCCNCCSC. The van der Waals surface area contributed by atoms with E-state index in [0.29, 0.717) is 0 Å². The number of hydrogen-bond donors (Lipinski definition) is 1. The summed E-state index contributed by atoms with van der Waals surface area (Å²) in [7, 11) is 0. The lowest BCUT2D eigenvalue weighted by atomic mass is 10.5. The number of rotatable bonds is 12. The summed E-state index contributed by atoms with van der Waals surface area (Å²) in [5, 5.41) is 3.30. The minimum Gasteiger partial charge on any atom is -0.381 e. The molecular formula is C15H35NO3S. The predicted octanol–water partition coefficient (Wildman–Crippen LogP) is 3.00. The van der Waals surface area contributed by atoms with E-state index in [1.54, 1.807) is 0 Å². The lowest BCUT2D eigenvalue weighted by Gasteiger charge is -2.03. The predicted molar refractivity (Wildman–Crippen MR) is 90.9 cm³/mol. The normalized spacial score (nSPS) is 9.20. The Morgan fingerprint density at radius 2 is 1.30 bits per heavy atom. The molecule has 0 aliphatic carbocycles. The van der Waals surface area contributed by atoms with Crippen LogP contribution in [0.5, 0.6) is 0 Å². The highest BCUT2D eigenvalue weighted by atomic mass is 32.2. The Kier molecular flexibility index (Phi) is 39.0. The van der Waals surface area contributed by atoms with E-state index in [2.05, 4.69) is 32.3 Å². The van der Waals surface area contributed by atoms with E-state index in [1.807, 2.05) is 18.6 Å². The van der Waals surface area contributed by atoms with Crippen LogP contribution in [0.25, 0.3) is 0 Å². The molecule has 0 heterocycles. The summed E-state index contributed by atoms with van der Waals surface area (Å²) >= 11 is 1.87. The van der Waals surface area contributed by atoms with Crippen molar-refractivity contribution in [3.05, 3.63) is 0 Å². The van der Waals surface area contributed by atoms with E-state index in [9.17, 15) is 0 Å². The first-order chi connectivity index (χ1) is 9.83. The molecule has 0 spiro atoms. The largest absolute Gasteiger partial charge is 0.381 e. The zero-order valence-corrected chi connectivity index (χ0v) is 14.7. The van der Waals surface area contributed by atoms with E-state index in [-0.39, 0.29) is 0 Å². The molecule has 0 fully saturated rings. The number of carbonyl (C=O) groups is 1. The van der Waals surface area contributed by atoms with Gasteiger partial charge in [0.05, 0.1) is 6.61 Å². The standard InChI is InChI=1S/C8H19NOS.C6H14O.CH2O/c1-3-6-10-7-4-9-5-8-11-2;1-3-5-7-6-4-2;1-2/h9H,3-8H2,1-2H3;3-6H2,1-2H3;1H2. The van der Waals surface area contributed by atoms with Gasteiger partial charge in [-0.2, -0.15) is 11.8 Å². The molecular weight excluding hydrogens is 274 g/mol. The molecule has 0 bridgehead atoms. The first kappa shape index (κ1) is 24.9. The fraction of sp³-hybridized carbons (Fsp3) is 0.933. The van der Waals surface area contributed by atoms with Crippen molar-refractivity contribution < 1.29 is 14.3 Å². The number of ether oxygens (including phenoxy) is 2. The fourth-order valence-electron chi connectivity index (χ4n) is 1.08. The minimum atomic E-state index is 0.849. The van der Waals surface area contributed by atoms with E-state index in [4.69, 9.17) is 14.3 Å².